The van der Waals surface area contributed by atoms with Gasteiger partial charge in [0.2, 0.25) is 0 Å². The zero-order chi connectivity index (χ0) is 14.7. The Kier molecular flexibility index (Phi) is 4.11. The number of hydrogen-bond donors (Lipinski definition) is 1. The molecular formula is C18H21NO2. The van der Waals surface area contributed by atoms with Crippen LogP contribution in [0.1, 0.15) is 18.4 Å². The predicted molar refractivity (Wildman–Crippen MR) is 84.8 cm³/mol. The second kappa shape index (κ2) is 6.19. The molecule has 1 N–H and O–H groups in total. The van der Waals surface area contributed by atoms with Gasteiger partial charge in [0.15, 0.2) is 0 Å². The fraction of sp³-hybridized carbons (Fsp3) is 0.333. The normalized spacial score (nSPS) is 14.0. The van der Waals surface area contributed by atoms with E-state index in [2.05, 4.69) is 41.7 Å². The van der Waals surface area contributed by atoms with Gasteiger partial charge in [0.1, 0.15) is 11.5 Å². The number of methoxy groups -OCH3 is 2. The van der Waals surface area contributed by atoms with E-state index in [4.69, 9.17) is 9.47 Å². The molecule has 1 aliphatic carbocycles. The second-order valence-corrected chi connectivity index (χ2v) is 5.41. The minimum Gasteiger partial charge on any atom is -0.497 e. The molecule has 0 amide bonds. The third kappa shape index (κ3) is 3.37. The van der Waals surface area contributed by atoms with Crippen molar-refractivity contribution >= 4 is 0 Å². The van der Waals surface area contributed by atoms with E-state index in [0.29, 0.717) is 6.04 Å². The molecule has 0 atom stereocenters. The number of ether oxygens (including phenoxy) is 2. The van der Waals surface area contributed by atoms with E-state index in [1.807, 2.05) is 6.07 Å². The number of hydrogen-bond acceptors (Lipinski definition) is 3. The first-order valence-corrected chi connectivity index (χ1v) is 7.35. The second-order valence-electron chi connectivity index (χ2n) is 5.41. The van der Waals surface area contributed by atoms with Crippen LogP contribution in [0.4, 0.5) is 0 Å². The van der Waals surface area contributed by atoms with Gasteiger partial charge in [-0.15, -0.1) is 0 Å². The number of benzene rings is 2. The average molecular weight is 283 g/mol. The third-order valence-electron chi connectivity index (χ3n) is 3.84. The Morgan fingerprint density at radius 3 is 2.29 bits per heavy atom. The van der Waals surface area contributed by atoms with E-state index in [1.54, 1.807) is 14.2 Å². The zero-order valence-corrected chi connectivity index (χ0v) is 12.6. The molecule has 2 aromatic carbocycles. The predicted octanol–water partition coefficient (Wildman–Crippen LogP) is 3.62. The summed E-state index contributed by atoms with van der Waals surface area (Å²) in [6, 6.07) is 15.2. The highest BCUT2D eigenvalue weighted by Crippen LogP contribution is 2.32. The van der Waals surface area contributed by atoms with Crippen molar-refractivity contribution in [1.29, 1.82) is 0 Å². The lowest BCUT2D eigenvalue weighted by molar-refractivity contribution is 0.394. The molecule has 3 rings (SSSR count). The maximum Gasteiger partial charge on any atom is 0.123 e. The molecule has 2 aromatic rings. The number of nitrogens with one attached hydrogen (secondary N) is 1. The van der Waals surface area contributed by atoms with Gasteiger partial charge in [-0.1, -0.05) is 24.3 Å². The summed E-state index contributed by atoms with van der Waals surface area (Å²) in [4.78, 5) is 0. The van der Waals surface area contributed by atoms with Crippen molar-refractivity contribution < 1.29 is 9.47 Å². The van der Waals surface area contributed by atoms with Crippen molar-refractivity contribution in [3.05, 3.63) is 48.0 Å². The minimum atomic E-state index is 0.706. The molecule has 1 saturated carbocycles. The maximum atomic E-state index is 5.37. The van der Waals surface area contributed by atoms with Gasteiger partial charge < -0.3 is 14.8 Å². The van der Waals surface area contributed by atoms with E-state index in [9.17, 15) is 0 Å². The molecule has 0 aliphatic heterocycles. The van der Waals surface area contributed by atoms with Gasteiger partial charge in [-0.25, -0.2) is 0 Å². The molecule has 3 nitrogen and oxygen atoms in total. The lowest BCUT2D eigenvalue weighted by atomic mass is 9.99. The highest BCUT2D eigenvalue weighted by molar-refractivity contribution is 5.70. The molecule has 3 heteroatoms. The Morgan fingerprint density at radius 2 is 1.67 bits per heavy atom. The largest absolute Gasteiger partial charge is 0.497 e. The maximum absolute atomic E-state index is 5.37. The minimum absolute atomic E-state index is 0.706. The first-order chi connectivity index (χ1) is 10.3. The Labute approximate surface area is 125 Å². The summed E-state index contributed by atoms with van der Waals surface area (Å²) >= 11 is 0. The quantitative estimate of drug-likeness (QED) is 0.878. The molecule has 1 fully saturated rings. The summed E-state index contributed by atoms with van der Waals surface area (Å²) in [7, 11) is 3.36. The fourth-order valence-corrected chi connectivity index (χ4v) is 2.46. The van der Waals surface area contributed by atoms with Gasteiger partial charge in [0.25, 0.3) is 0 Å². The highest BCUT2D eigenvalue weighted by Gasteiger charge is 2.20. The van der Waals surface area contributed by atoms with E-state index in [1.165, 1.54) is 24.0 Å². The van der Waals surface area contributed by atoms with Crippen LogP contribution < -0.4 is 14.8 Å². The zero-order valence-electron chi connectivity index (χ0n) is 12.6. The van der Waals surface area contributed by atoms with Crippen LogP contribution in [0, 0.1) is 0 Å². The van der Waals surface area contributed by atoms with Gasteiger partial charge in [-0.2, -0.15) is 0 Å². The number of rotatable bonds is 6. The Balaban J connectivity index is 1.94. The van der Waals surface area contributed by atoms with Crippen LogP contribution in [-0.4, -0.2) is 20.3 Å². The first kappa shape index (κ1) is 14.0. The Morgan fingerprint density at radius 1 is 1.00 bits per heavy atom. The Bertz CT molecular complexity index is 598. The summed E-state index contributed by atoms with van der Waals surface area (Å²) in [5.41, 5.74) is 3.65. The SMILES string of the molecule is COc1cc(OC)cc(-c2ccccc2CNC2CC2)c1. The third-order valence-corrected chi connectivity index (χ3v) is 3.84. The summed E-state index contributed by atoms with van der Waals surface area (Å²) in [5, 5.41) is 3.58. The molecule has 0 radical (unpaired) electrons. The van der Waals surface area contributed by atoms with E-state index in [0.717, 1.165) is 23.6 Å². The van der Waals surface area contributed by atoms with Crippen molar-refractivity contribution in [2.75, 3.05) is 14.2 Å². The molecule has 21 heavy (non-hydrogen) atoms. The summed E-state index contributed by atoms with van der Waals surface area (Å²) < 4.78 is 10.7. The van der Waals surface area contributed by atoms with Gasteiger partial charge in [0, 0.05) is 18.7 Å². The standard InChI is InChI=1S/C18H21NO2/c1-20-16-9-14(10-17(11-16)21-2)18-6-4-3-5-13(18)12-19-15-7-8-15/h3-6,9-11,15,19H,7-8,12H2,1-2H3. The molecule has 0 heterocycles. The molecule has 1 aliphatic rings. The van der Waals surface area contributed by atoms with E-state index in [-0.39, 0.29) is 0 Å². The van der Waals surface area contributed by atoms with Crippen molar-refractivity contribution in [3.63, 3.8) is 0 Å². The van der Waals surface area contributed by atoms with Crippen molar-refractivity contribution in [3.8, 4) is 22.6 Å². The lowest BCUT2D eigenvalue weighted by Crippen LogP contribution is -2.15. The van der Waals surface area contributed by atoms with Crippen LogP contribution in [0.5, 0.6) is 11.5 Å². The molecule has 0 saturated heterocycles. The smallest absolute Gasteiger partial charge is 0.123 e. The lowest BCUT2D eigenvalue weighted by Gasteiger charge is -2.13. The highest BCUT2D eigenvalue weighted by atomic mass is 16.5. The van der Waals surface area contributed by atoms with Crippen LogP contribution in [0.2, 0.25) is 0 Å². The summed E-state index contributed by atoms with van der Waals surface area (Å²) in [6.45, 7) is 0.903. The van der Waals surface area contributed by atoms with Gasteiger partial charge in [-0.05, 0) is 41.7 Å². The molecular weight excluding hydrogens is 262 g/mol. The average Bonchev–Trinajstić information content (AvgIpc) is 3.37. The summed E-state index contributed by atoms with van der Waals surface area (Å²) in [5.74, 6) is 1.63. The van der Waals surface area contributed by atoms with E-state index >= 15 is 0 Å². The van der Waals surface area contributed by atoms with Gasteiger partial charge in [-0.3, -0.25) is 0 Å². The molecule has 0 spiro atoms. The molecule has 0 bridgehead atoms. The Hall–Kier alpha value is -2.00. The molecule has 110 valence electrons. The fourth-order valence-electron chi connectivity index (χ4n) is 2.46. The van der Waals surface area contributed by atoms with Gasteiger partial charge in [0.05, 0.1) is 14.2 Å². The van der Waals surface area contributed by atoms with Crippen LogP contribution >= 0.6 is 0 Å². The first-order valence-electron chi connectivity index (χ1n) is 7.35. The van der Waals surface area contributed by atoms with E-state index < -0.39 is 0 Å². The van der Waals surface area contributed by atoms with Crippen LogP contribution in [0.25, 0.3) is 11.1 Å². The topological polar surface area (TPSA) is 30.5 Å². The van der Waals surface area contributed by atoms with Crippen molar-refractivity contribution in [2.45, 2.75) is 25.4 Å². The molecule has 0 aromatic heterocycles. The van der Waals surface area contributed by atoms with Crippen LogP contribution in [0.3, 0.4) is 0 Å². The summed E-state index contributed by atoms with van der Waals surface area (Å²) in [6.07, 6.45) is 2.60. The van der Waals surface area contributed by atoms with Crippen molar-refractivity contribution in [1.82, 2.24) is 5.32 Å². The molecule has 0 unspecified atom stereocenters. The van der Waals surface area contributed by atoms with Gasteiger partial charge >= 0.3 is 0 Å². The monoisotopic (exact) mass is 283 g/mol. The van der Waals surface area contributed by atoms with Crippen molar-refractivity contribution in [2.24, 2.45) is 0 Å². The van der Waals surface area contributed by atoms with Crippen LogP contribution in [0.15, 0.2) is 42.5 Å². The van der Waals surface area contributed by atoms with Crippen LogP contribution in [-0.2, 0) is 6.54 Å².